The Morgan fingerprint density at radius 3 is 0.900 bits per heavy atom. The molecule has 6 aromatic rings. The molecule has 2 heteroatoms. The van der Waals surface area contributed by atoms with E-state index in [1.54, 1.807) is 0 Å². The predicted molar refractivity (Wildman–Crippen MR) is 215 cm³/mol. The number of hydrogen-bond donors (Lipinski definition) is 0. The standard InChI is InChI=1S/C48H50N2/c1-34-10-18-40(19-11-34)49(41-20-12-35(2)13-21-41)44-26-28-46(38(5)32-44)48(30-8-7-9-31-48)47-29-27-45(33-39(47)6)50(42-22-14-36(3)15-23-42)43-24-16-37(4)17-25-43/h10-29,32-33H,7-9,30-31H2,1-6H3. The molecule has 0 aliphatic heterocycles. The molecule has 0 bridgehead atoms. The van der Waals surface area contributed by atoms with E-state index in [2.05, 4.69) is 185 Å². The molecule has 1 aliphatic carbocycles. The zero-order valence-corrected chi connectivity index (χ0v) is 30.6. The highest BCUT2D eigenvalue weighted by Gasteiger charge is 2.38. The first kappa shape index (κ1) is 33.4. The molecular formula is C48H50N2. The SMILES string of the molecule is Cc1ccc(N(c2ccc(C)cc2)c2ccc(C3(c4ccc(N(c5ccc(C)cc5)c5ccc(C)cc5)cc4C)CCCCC3)c(C)c2)cc1. The van der Waals surface area contributed by atoms with Crippen LogP contribution in [0.25, 0.3) is 0 Å². The van der Waals surface area contributed by atoms with Crippen molar-refractivity contribution >= 4 is 34.1 Å². The molecule has 0 radical (unpaired) electrons. The lowest BCUT2D eigenvalue weighted by Gasteiger charge is -2.41. The Morgan fingerprint density at radius 2 is 0.620 bits per heavy atom. The lowest BCUT2D eigenvalue weighted by atomic mass is 9.63. The van der Waals surface area contributed by atoms with Crippen LogP contribution in [-0.4, -0.2) is 0 Å². The van der Waals surface area contributed by atoms with Crippen molar-refractivity contribution in [2.24, 2.45) is 0 Å². The second-order valence-electron chi connectivity index (χ2n) is 14.7. The molecule has 0 amide bonds. The Labute approximate surface area is 300 Å². The average Bonchev–Trinajstić information content (AvgIpc) is 3.12. The molecule has 0 aromatic heterocycles. The van der Waals surface area contributed by atoms with Crippen LogP contribution in [0.1, 0.15) is 76.6 Å². The Kier molecular flexibility index (Phi) is 9.38. The van der Waals surface area contributed by atoms with Gasteiger partial charge in [-0.3, -0.25) is 0 Å². The monoisotopic (exact) mass is 654 g/mol. The van der Waals surface area contributed by atoms with Crippen LogP contribution in [-0.2, 0) is 5.41 Å². The van der Waals surface area contributed by atoms with E-state index < -0.39 is 0 Å². The summed E-state index contributed by atoms with van der Waals surface area (Å²) in [6.45, 7) is 13.3. The van der Waals surface area contributed by atoms with Crippen LogP contribution in [0.4, 0.5) is 34.1 Å². The normalized spacial score (nSPS) is 14.0. The van der Waals surface area contributed by atoms with Crippen molar-refractivity contribution in [2.75, 3.05) is 9.80 Å². The number of aryl methyl sites for hydroxylation is 6. The van der Waals surface area contributed by atoms with Crippen LogP contribution < -0.4 is 9.80 Å². The lowest BCUT2D eigenvalue weighted by Crippen LogP contribution is -2.32. The molecule has 0 N–H and O–H groups in total. The smallest absolute Gasteiger partial charge is 0.0464 e. The highest BCUT2D eigenvalue weighted by molar-refractivity contribution is 5.79. The van der Waals surface area contributed by atoms with Crippen LogP contribution >= 0.6 is 0 Å². The fourth-order valence-corrected chi connectivity index (χ4v) is 8.16. The summed E-state index contributed by atoms with van der Waals surface area (Å²) in [5.74, 6) is 0. The fourth-order valence-electron chi connectivity index (χ4n) is 8.16. The molecule has 252 valence electrons. The summed E-state index contributed by atoms with van der Waals surface area (Å²) < 4.78 is 0. The Hall–Kier alpha value is -5.08. The number of nitrogens with zero attached hydrogens (tertiary/aromatic N) is 2. The maximum absolute atomic E-state index is 2.45. The maximum Gasteiger partial charge on any atom is 0.0464 e. The second-order valence-corrected chi connectivity index (χ2v) is 14.7. The molecule has 0 spiro atoms. The average molecular weight is 655 g/mol. The number of rotatable bonds is 8. The summed E-state index contributed by atoms with van der Waals surface area (Å²) in [6.07, 6.45) is 6.15. The molecule has 1 saturated carbocycles. The van der Waals surface area contributed by atoms with Crippen LogP contribution in [0.15, 0.2) is 133 Å². The molecular weight excluding hydrogens is 605 g/mol. The van der Waals surface area contributed by atoms with E-state index in [-0.39, 0.29) is 5.41 Å². The number of benzene rings is 6. The third kappa shape index (κ3) is 6.60. The van der Waals surface area contributed by atoms with E-state index in [1.807, 2.05) is 0 Å². The van der Waals surface area contributed by atoms with Gasteiger partial charge in [0.25, 0.3) is 0 Å². The zero-order chi connectivity index (χ0) is 34.8. The summed E-state index contributed by atoms with van der Waals surface area (Å²) in [5, 5.41) is 0. The van der Waals surface area contributed by atoms with Crippen LogP contribution in [0.3, 0.4) is 0 Å². The van der Waals surface area contributed by atoms with E-state index in [1.165, 1.54) is 111 Å². The van der Waals surface area contributed by atoms with Gasteiger partial charge < -0.3 is 9.80 Å². The topological polar surface area (TPSA) is 6.48 Å². The Morgan fingerprint density at radius 1 is 0.340 bits per heavy atom. The molecule has 2 nitrogen and oxygen atoms in total. The molecule has 50 heavy (non-hydrogen) atoms. The van der Waals surface area contributed by atoms with Gasteiger partial charge >= 0.3 is 0 Å². The lowest BCUT2D eigenvalue weighted by molar-refractivity contribution is 0.343. The molecule has 7 rings (SSSR count). The molecule has 0 unspecified atom stereocenters. The van der Waals surface area contributed by atoms with Gasteiger partial charge in [-0.25, -0.2) is 0 Å². The third-order valence-corrected chi connectivity index (χ3v) is 10.8. The summed E-state index contributed by atoms with van der Waals surface area (Å²) in [5.41, 5.74) is 17.8. The molecule has 6 aromatic carbocycles. The maximum atomic E-state index is 2.45. The van der Waals surface area contributed by atoms with Crippen LogP contribution in [0.2, 0.25) is 0 Å². The quantitative estimate of drug-likeness (QED) is 0.161. The highest BCUT2D eigenvalue weighted by Crippen LogP contribution is 2.49. The minimum Gasteiger partial charge on any atom is -0.310 e. The Balaban J connectivity index is 1.31. The van der Waals surface area contributed by atoms with E-state index in [9.17, 15) is 0 Å². The van der Waals surface area contributed by atoms with Crippen molar-refractivity contribution in [3.05, 3.63) is 178 Å². The van der Waals surface area contributed by atoms with E-state index in [4.69, 9.17) is 0 Å². The minimum absolute atomic E-state index is 0.0133. The van der Waals surface area contributed by atoms with Crippen molar-refractivity contribution in [3.63, 3.8) is 0 Å². The first-order chi connectivity index (χ1) is 24.2. The second kappa shape index (κ2) is 14.0. The van der Waals surface area contributed by atoms with Gasteiger partial charge in [0.15, 0.2) is 0 Å². The van der Waals surface area contributed by atoms with Crippen LogP contribution in [0, 0.1) is 41.5 Å². The van der Waals surface area contributed by atoms with Crippen molar-refractivity contribution in [1.82, 2.24) is 0 Å². The van der Waals surface area contributed by atoms with Crippen molar-refractivity contribution in [3.8, 4) is 0 Å². The van der Waals surface area contributed by atoms with E-state index >= 15 is 0 Å². The molecule has 0 atom stereocenters. The fraction of sp³-hybridized carbons (Fsp3) is 0.250. The molecule has 0 heterocycles. The van der Waals surface area contributed by atoms with Gasteiger partial charge in [0.05, 0.1) is 0 Å². The molecule has 1 fully saturated rings. The third-order valence-electron chi connectivity index (χ3n) is 10.8. The van der Waals surface area contributed by atoms with Gasteiger partial charge in [0.2, 0.25) is 0 Å². The first-order valence-electron chi connectivity index (χ1n) is 18.3. The van der Waals surface area contributed by atoms with Gasteiger partial charge in [0, 0.05) is 39.5 Å². The summed E-state index contributed by atoms with van der Waals surface area (Å²) in [6, 6.07) is 50.0. The number of anilines is 6. The predicted octanol–water partition coefficient (Wildman–Crippen LogP) is 13.7. The van der Waals surface area contributed by atoms with Gasteiger partial charge in [-0.15, -0.1) is 0 Å². The summed E-state index contributed by atoms with van der Waals surface area (Å²) >= 11 is 0. The summed E-state index contributed by atoms with van der Waals surface area (Å²) in [7, 11) is 0. The Bertz CT molecular complexity index is 1830. The van der Waals surface area contributed by atoms with Gasteiger partial charge in [-0.05, 0) is 149 Å². The van der Waals surface area contributed by atoms with Gasteiger partial charge in [-0.1, -0.05) is 102 Å². The molecule has 0 saturated heterocycles. The van der Waals surface area contributed by atoms with E-state index in [0.717, 1.165) is 0 Å². The summed E-state index contributed by atoms with van der Waals surface area (Å²) in [4.78, 5) is 4.79. The van der Waals surface area contributed by atoms with Gasteiger partial charge in [0.1, 0.15) is 0 Å². The number of hydrogen-bond acceptors (Lipinski definition) is 2. The first-order valence-corrected chi connectivity index (χ1v) is 18.3. The highest BCUT2D eigenvalue weighted by atomic mass is 15.1. The largest absolute Gasteiger partial charge is 0.310 e. The zero-order valence-electron chi connectivity index (χ0n) is 30.6. The van der Waals surface area contributed by atoms with Crippen LogP contribution in [0.5, 0.6) is 0 Å². The van der Waals surface area contributed by atoms with Crippen molar-refractivity contribution in [1.29, 1.82) is 0 Å². The van der Waals surface area contributed by atoms with E-state index in [0.29, 0.717) is 0 Å². The molecule has 1 aliphatic rings. The van der Waals surface area contributed by atoms with Crippen molar-refractivity contribution < 1.29 is 0 Å². The van der Waals surface area contributed by atoms with Crippen molar-refractivity contribution in [2.45, 2.75) is 79.1 Å². The van der Waals surface area contributed by atoms with Gasteiger partial charge in [-0.2, -0.15) is 0 Å². The minimum atomic E-state index is -0.0133.